The van der Waals surface area contributed by atoms with Gasteiger partial charge < -0.3 is 25.5 Å². The van der Waals surface area contributed by atoms with E-state index in [1.54, 1.807) is 12.1 Å². The van der Waals surface area contributed by atoms with Crippen molar-refractivity contribution in [2.45, 2.75) is 78.0 Å². The molecule has 0 aromatic heterocycles. The molecular weight excluding hydrogens is 553 g/mol. The Bertz CT molecular complexity index is 1150. The van der Waals surface area contributed by atoms with Crippen LogP contribution in [0.3, 0.4) is 0 Å². The van der Waals surface area contributed by atoms with Gasteiger partial charge in [0.2, 0.25) is 11.8 Å². The van der Waals surface area contributed by atoms with Gasteiger partial charge >= 0.3 is 6.09 Å². The summed E-state index contributed by atoms with van der Waals surface area (Å²) in [5.41, 5.74) is 1.02. The lowest BCUT2D eigenvalue weighted by Gasteiger charge is -2.37. The molecule has 1 aromatic rings. The summed E-state index contributed by atoms with van der Waals surface area (Å²) in [6, 6.07) is 5.30. The van der Waals surface area contributed by atoms with Crippen molar-refractivity contribution in [1.82, 2.24) is 16.0 Å². The van der Waals surface area contributed by atoms with Crippen LogP contribution >= 0.6 is 23.2 Å². The molecule has 1 saturated heterocycles. The number of ether oxygens (including phenoxy) is 1. The molecule has 2 aliphatic rings. The van der Waals surface area contributed by atoms with Crippen LogP contribution in [0.1, 0.15) is 71.5 Å². The zero-order valence-electron chi connectivity index (χ0n) is 23.5. The largest absolute Gasteiger partial charge is 0.440 e. The summed E-state index contributed by atoms with van der Waals surface area (Å²) in [7, 11) is 0. The highest BCUT2D eigenvalue weighted by Crippen LogP contribution is 2.45. The molecule has 1 aliphatic heterocycles. The summed E-state index contributed by atoms with van der Waals surface area (Å²) < 4.78 is 6.04. The first-order valence-electron chi connectivity index (χ1n) is 13.7. The number of halogens is 2. The van der Waals surface area contributed by atoms with Gasteiger partial charge in [0.05, 0.1) is 6.04 Å². The summed E-state index contributed by atoms with van der Waals surface area (Å²) in [5.74, 6) is -0.903. The van der Waals surface area contributed by atoms with Crippen LogP contribution in [0, 0.1) is 17.3 Å². The maximum atomic E-state index is 13.3. The minimum atomic E-state index is -0.940. The number of benzene rings is 1. The van der Waals surface area contributed by atoms with Gasteiger partial charge in [-0.2, -0.15) is 0 Å². The van der Waals surface area contributed by atoms with Crippen LogP contribution in [0.25, 0.3) is 0 Å². The molecule has 1 fully saturated rings. The maximum Gasteiger partial charge on any atom is 0.408 e. The lowest BCUT2D eigenvalue weighted by atomic mass is 9.74. The predicted octanol–water partition coefficient (Wildman–Crippen LogP) is 5.60. The number of nitrogens with one attached hydrogen (secondary N) is 3. The van der Waals surface area contributed by atoms with Gasteiger partial charge in [-0.15, -0.1) is 0 Å². The van der Waals surface area contributed by atoms with E-state index in [0.717, 1.165) is 29.0 Å². The van der Waals surface area contributed by atoms with Crippen molar-refractivity contribution >= 4 is 47.4 Å². The van der Waals surface area contributed by atoms with Crippen LogP contribution in [-0.4, -0.2) is 42.8 Å². The molecule has 218 valence electrons. The molecule has 1 aliphatic carbocycles. The van der Waals surface area contributed by atoms with Crippen molar-refractivity contribution in [1.29, 1.82) is 0 Å². The topological polar surface area (TPSA) is 114 Å². The van der Waals surface area contributed by atoms with Crippen molar-refractivity contribution in [3.05, 3.63) is 57.6 Å². The second-order valence-corrected chi connectivity index (χ2v) is 12.4. The van der Waals surface area contributed by atoms with Gasteiger partial charge in [-0.1, -0.05) is 69.1 Å². The smallest absolute Gasteiger partial charge is 0.408 e. The minimum absolute atomic E-state index is 0.0644. The number of hydrogen-bond donors (Lipinski definition) is 3. The summed E-state index contributed by atoms with van der Waals surface area (Å²) in [4.78, 5) is 50.2. The molecule has 10 heteroatoms. The molecule has 4 atom stereocenters. The number of carbonyl (C=O) groups is 4. The second kappa shape index (κ2) is 14.2. The van der Waals surface area contributed by atoms with E-state index in [0.29, 0.717) is 30.7 Å². The van der Waals surface area contributed by atoms with Crippen molar-refractivity contribution < 1.29 is 23.9 Å². The third-order valence-electron chi connectivity index (χ3n) is 7.37. The van der Waals surface area contributed by atoms with Gasteiger partial charge in [-0.25, -0.2) is 4.79 Å². The quantitative estimate of drug-likeness (QED) is 0.274. The molecule has 3 N–H and O–H groups in total. The van der Waals surface area contributed by atoms with Crippen LogP contribution in [0.4, 0.5) is 4.79 Å². The average Bonchev–Trinajstić information content (AvgIpc) is 3.30. The fraction of sp³-hybridized carbons (Fsp3) is 0.533. The Labute approximate surface area is 246 Å². The Morgan fingerprint density at radius 2 is 1.88 bits per heavy atom. The Balaban J connectivity index is 1.78. The standard InChI is InChI=1S/C30H39Cl2N3O5/c1-18(2)14-25(28(38)34-24(17-36)15-20-12-13-33-27(20)37)35-29(39)40-26(19-8-10-22(31)11-9-19)30(3,4)21-6-5-7-23(32)16-21/h6,8-11,16-18,20,24-26H,5,7,12-15H2,1-4H3,(H,33,37)(H,34,38)(H,35,39). The fourth-order valence-corrected chi connectivity index (χ4v) is 5.48. The number of rotatable bonds is 12. The van der Waals surface area contributed by atoms with Crippen LogP contribution < -0.4 is 16.0 Å². The SMILES string of the molecule is CC(C)CC(NC(=O)OC(c1ccc(Cl)cc1)C(C)(C)C1=CCCC(Cl)=C1)C(=O)NC(C=O)CC1CCNC1=O. The third kappa shape index (κ3) is 8.58. The Hall–Kier alpha value is -2.84. The lowest BCUT2D eigenvalue weighted by Crippen LogP contribution is -2.51. The first kappa shape index (κ1) is 31.7. The van der Waals surface area contributed by atoms with Crippen molar-refractivity contribution in [3.8, 4) is 0 Å². The minimum Gasteiger partial charge on any atom is -0.440 e. The van der Waals surface area contributed by atoms with Crippen molar-refractivity contribution in [2.24, 2.45) is 17.3 Å². The highest BCUT2D eigenvalue weighted by molar-refractivity contribution is 6.30. The number of allylic oxidation sites excluding steroid dienone is 3. The predicted molar refractivity (Wildman–Crippen MR) is 156 cm³/mol. The van der Waals surface area contributed by atoms with Gasteiger partial charge in [0.25, 0.3) is 0 Å². The van der Waals surface area contributed by atoms with E-state index >= 15 is 0 Å². The fourth-order valence-electron chi connectivity index (χ4n) is 5.13. The normalized spacial score (nSPS) is 19.6. The van der Waals surface area contributed by atoms with E-state index in [2.05, 4.69) is 22.0 Å². The third-order valence-corrected chi connectivity index (χ3v) is 7.92. The van der Waals surface area contributed by atoms with Gasteiger partial charge in [0.1, 0.15) is 18.4 Å². The summed E-state index contributed by atoms with van der Waals surface area (Å²) in [6.07, 6.45) is 5.83. The summed E-state index contributed by atoms with van der Waals surface area (Å²) >= 11 is 12.5. The van der Waals surface area contributed by atoms with Crippen molar-refractivity contribution in [3.63, 3.8) is 0 Å². The molecule has 0 spiro atoms. The van der Waals surface area contributed by atoms with E-state index in [1.807, 2.05) is 45.9 Å². The highest BCUT2D eigenvalue weighted by Gasteiger charge is 2.38. The van der Waals surface area contributed by atoms with Crippen molar-refractivity contribution in [2.75, 3.05) is 6.54 Å². The first-order valence-corrected chi connectivity index (χ1v) is 14.5. The first-order chi connectivity index (χ1) is 18.9. The number of hydrogen-bond acceptors (Lipinski definition) is 5. The molecule has 1 heterocycles. The molecule has 3 amide bonds. The monoisotopic (exact) mass is 591 g/mol. The molecular formula is C30H39Cl2N3O5. The van der Waals surface area contributed by atoms with E-state index < -0.39 is 35.6 Å². The van der Waals surface area contributed by atoms with E-state index in [4.69, 9.17) is 27.9 Å². The zero-order chi connectivity index (χ0) is 29.4. The van der Waals surface area contributed by atoms with Gasteiger partial charge in [0.15, 0.2) is 0 Å². The molecule has 0 bridgehead atoms. The Morgan fingerprint density at radius 1 is 1.18 bits per heavy atom. The van der Waals surface area contributed by atoms with Crippen LogP contribution in [0.5, 0.6) is 0 Å². The number of aldehydes is 1. The number of alkyl carbamates (subject to hydrolysis) is 1. The molecule has 4 unspecified atom stereocenters. The number of amides is 3. The Kier molecular flexibility index (Phi) is 11.2. The zero-order valence-corrected chi connectivity index (χ0v) is 25.0. The van der Waals surface area contributed by atoms with Gasteiger partial charge in [-0.05, 0) is 67.4 Å². The summed E-state index contributed by atoms with van der Waals surface area (Å²) in [5, 5.41) is 9.44. The van der Waals surface area contributed by atoms with Gasteiger partial charge in [-0.3, -0.25) is 9.59 Å². The molecule has 3 rings (SSSR count). The molecule has 0 radical (unpaired) electrons. The lowest BCUT2D eigenvalue weighted by molar-refractivity contribution is -0.127. The molecule has 8 nitrogen and oxygen atoms in total. The van der Waals surface area contributed by atoms with E-state index in [9.17, 15) is 19.2 Å². The summed E-state index contributed by atoms with van der Waals surface area (Å²) in [6.45, 7) is 8.36. The Morgan fingerprint density at radius 3 is 2.45 bits per heavy atom. The van der Waals surface area contributed by atoms with E-state index in [1.165, 1.54) is 0 Å². The maximum absolute atomic E-state index is 13.3. The highest BCUT2D eigenvalue weighted by atomic mass is 35.5. The van der Waals surface area contributed by atoms with E-state index in [-0.39, 0.29) is 24.2 Å². The van der Waals surface area contributed by atoms with Crippen LogP contribution in [0.2, 0.25) is 5.02 Å². The average molecular weight is 593 g/mol. The molecule has 40 heavy (non-hydrogen) atoms. The van der Waals surface area contributed by atoms with Gasteiger partial charge in [0, 0.05) is 27.9 Å². The molecule has 0 saturated carbocycles. The van der Waals surface area contributed by atoms with Crippen LogP contribution in [-0.2, 0) is 19.1 Å². The van der Waals surface area contributed by atoms with Crippen LogP contribution in [0.15, 0.2) is 47.0 Å². The molecule has 1 aromatic carbocycles. The number of carbonyl (C=O) groups excluding carboxylic acids is 4. The second-order valence-electron chi connectivity index (χ2n) is 11.4.